The van der Waals surface area contributed by atoms with Crippen molar-refractivity contribution in [3.05, 3.63) is 23.3 Å². The Hall–Kier alpha value is -0.720. The molecule has 7 atom stereocenters. The summed E-state index contributed by atoms with van der Waals surface area (Å²) in [6.45, 7) is 10.1. The minimum Gasteiger partial charge on any atom is -0.388 e. The van der Waals surface area contributed by atoms with Crippen molar-refractivity contribution < 1.29 is 24.8 Å². The van der Waals surface area contributed by atoms with Gasteiger partial charge in [0.25, 0.3) is 0 Å². The Morgan fingerprint density at radius 2 is 1.96 bits per heavy atom. The van der Waals surface area contributed by atoms with E-state index in [1.165, 1.54) is 11.1 Å². The molecule has 2 aliphatic rings. The topological polar surface area (TPSA) is 79.2 Å². The first-order valence-electron chi connectivity index (χ1n) is 9.80. The first kappa shape index (κ1) is 21.6. The summed E-state index contributed by atoms with van der Waals surface area (Å²) in [6.07, 6.45) is 4.06. The highest BCUT2D eigenvalue weighted by Crippen LogP contribution is 2.40. The third kappa shape index (κ3) is 5.17. The highest BCUT2D eigenvalue weighted by molar-refractivity contribution is 5.07. The van der Waals surface area contributed by atoms with Crippen LogP contribution in [-0.4, -0.2) is 51.6 Å². The van der Waals surface area contributed by atoms with Crippen LogP contribution < -0.4 is 0 Å². The van der Waals surface area contributed by atoms with Crippen LogP contribution in [0.3, 0.4) is 0 Å². The molecular weight excluding hydrogens is 332 g/mol. The van der Waals surface area contributed by atoms with Crippen LogP contribution >= 0.6 is 0 Å². The molecule has 1 unspecified atom stereocenters. The zero-order chi connectivity index (χ0) is 19.5. The Labute approximate surface area is 157 Å². The zero-order valence-electron chi connectivity index (χ0n) is 16.8. The zero-order valence-corrected chi connectivity index (χ0v) is 16.8. The minimum atomic E-state index is -1.26. The Balaban J connectivity index is 2.16. The van der Waals surface area contributed by atoms with E-state index in [4.69, 9.17) is 9.47 Å². The summed E-state index contributed by atoms with van der Waals surface area (Å²) in [5.41, 5.74) is 2.21. The number of aliphatic hydroxyl groups excluding tert-OH is 3. The molecule has 0 bridgehead atoms. The van der Waals surface area contributed by atoms with Crippen molar-refractivity contribution in [2.75, 3.05) is 0 Å². The Kier molecular flexibility index (Phi) is 7.45. The first-order valence-corrected chi connectivity index (χ1v) is 9.80. The molecule has 0 radical (unpaired) electrons. The van der Waals surface area contributed by atoms with Crippen LogP contribution in [0.1, 0.15) is 66.7 Å². The average Bonchev–Trinajstić information content (AvgIpc) is 2.58. The molecule has 0 spiro atoms. The molecule has 5 nitrogen and oxygen atoms in total. The summed E-state index contributed by atoms with van der Waals surface area (Å²) in [5.74, 6) is 0.326. The maximum atomic E-state index is 10.4. The first-order chi connectivity index (χ1) is 12.1. The van der Waals surface area contributed by atoms with Crippen LogP contribution in [0.2, 0.25) is 0 Å². The van der Waals surface area contributed by atoms with Crippen LogP contribution in [-0.2, 0) is 9.47 Å². The average molecular weight is 369 g/mol. The molecule has 1 aliphatic carbocycles. The van der Waals surface area contributed by atoms with Gasteiger partial charge in [0.2, 0.25) is 0 Å². The fraction of sp³-hybridized carbons (Fsp3) is 0.810. The highest BCUT2D eigenvalue weighted by atomic mass is 16.7. The van der Waals surface area contributed by atoms with Crippen molar-refractivity contribution >= 4 is 0 Å². The van der Waals surface area contributed by atoms with Crippen LogP contribution in [0.25, 0.3) is 0 Å². The van der Waals surface area contributed by atoms with E-state index in [2.05, 4.69) is 39.8 Å². The molecule has 0 aromatic carbocycles. The van der Waals surface area contributed by atoms with Crippen molar-refractivity contribution in [3.63, 3.8) is 0 Å². The van der Waals surface area contributed by atoms with E-state index >= 15 is 0 Å². The van der Waals surface area contributed by atoms with E-state index < -0.39 is 36.3 Å². The second-order valence-corrected chi connectivity index (χ2v) is 8.45. The third-order valence-corrected chi connectivity index (χ3v) is 5.89. The van der Waals surface area contributed by atoms with Gasteiger partial charge < -0.3 is 24.8 Å². The second-order valence-electron chi connectivity index (χ2n) is 8.45. The molecule has 0 amide bonds. The van der Waals surface area contributed by atoms with Crippen LogP contribution in [0.15, 0.2) is 23.3 Å². The smallest absolute Gasteiger partial charge is 0.187 e. The van der Waals surface area contributed by atoms with Crippen LogP contribution in [0.4, 0.5) is 0 Å². The predicted octanol–water partition coefficient (Wildman–Crippen LogP) is 3.08. The fourth-order valence-corrected chi connectivity index (χ4v) is 3.90. The SMILES string of the molecule is CC(C)=CCCC(C)(O[C@@H]1O[C@@H](C)[C@H](O)[C@@H](O)[C@H]1O)[C@H]1CC=C(C)CC1. The maximum Gasteiger partial charge on any atom is 0.187 e. The Bertz CT molecular complexity index is 524. The summed E-state index contributed by atoms with van der Waals surface area (Å²) in [4.78, 5) is 0. The number of aliphatic hydroxyl groups is 3. The summed E-state index contributed by atoms with van der Waals surface area (Å²) in [5, 5.41) is 30.4. The van der Waals surface area contributed by atoms with Gasteiger partial charge in [-0.15, -0.1) is 0 Å². The van der Waals surface area contributed by atoms with Gasteiger partial charge >= 0.3 is 0 Å². The molecule has 5 heteroatoms. The maximum absolute atomic E-state index is 10.4. The molecular formula is C21H36O5. The van der Waals surface area contributed by atoms with E-state index in [9.17, 15) is 15.3 Å². The van der Waals surface area contributed by atoms with Gasteiger partial charge in [-0.1, -0.05) is 23.3 Å². The van der Waals surface area contributed by atoms with E-state index in [0.717, 1.165) is 32.1 Å². The summed E-state index contributed by atoms with van der Waals surface area (Å²) >= 11 is 0. The fourth-order valence-electron chi connectivity index (χ4n) is 3.90. The summed E-state index contributed by atoms with van der Waals surface area (Å²) < 4.78 is 12.0. The van der Waals surface area contributed by atoms with E-state index in [0.29, 0.717) is 5.92 Å². The molecule has 0 saturated carbocycles. The van der Waals surface area contributed by atoms with Gasteiger partial charge in [0.05, 0.1) is 11.7 Å². The van der Waals surface area contributed by atoms with Gasteiger partial charge in [-0.3, -0.25) is 0 Å². The minimum absolute atomic E-state index is 0.326. The van der Waals surface area contributed by atoms with Crippen molar-refractivity contribution in [1.29, 1.82) is 0 Å². The molecule has 26 heavy (non-hydrogen) atoms. The standard InChI is InChI=1S/C21H36O5/c1-13(2)7-6-12-21(5,16-10-8-14(3)9-11-16)26-20-19(24)18(23)17(22)15(4)25-20/h7-8,15-20,22-24H,6,9-12H2,1-5H3/t15-,16-,17-,18+,19+,20-,21?/m0/s1. The lowest BCUT2D eigenvalue weighted by molar-refractivity contribution is -0.325. The number of ether oxygens (including phenoxy) is 2. The highest BCUT2D eigenvalue weighted by Gasteiger charge is 2.46. The molecule has 150 valence electrons. The molecule has 2 rings (SSSR count). The van der Waals surface area contributed by atoms with Crippen LogP contribution in [0, 0.1) is 5.92 Å². The lowest BCUT2D eigenvalue weighted by Gasteiger charge is -2.46. The normalized spacial score (nSPS) is 37.6. The lowest BCUT2D eigenvalue weighted by atomic mass is 9.76. The van der Waals surface area contributed by atoms with Crippen molar-refractivity contribution in [1.82, 2.24) is 0 Å². The molecule has 1 fully saturated rings. The summed E-state index contributed by atoms with van der Waals surface area (Å²) in [6, 6.07) is 0. The van der Waals surface area contributed by atoms with Gasteiger partial charge in [0.15, 0.2) is 6.29 Å². The lowest BCUT2D eigenvalue weighted by Crippen LogP contribution is -2.59. The number of allylic oxidation sites excluding steroid dienone is 4. The van der Waals surface area contributed by atoms with Crippen molar-refractivity contribution in [2.24, 2.45) is 5.92 Å². The number of rotatable bonds is 6. The van der Waals surface area contributed by atoms with E-state index in [-0.39, 0.29) is 0 Å². The Morgan fingerprint density at radius 1 is 1.27 bits per heavy atom. The number of hydrogen-bond acceptors (Lipinski definition) is 5. The second kappa shape index (κ2) is 8.98. The molecule has 0 aromatic rings. The molecule has 1 saturated heterocycles. The van der Waals surface area contributed by atoms with Gasteiger partial charge in [-0.25, -0.2) is 0 Å². The van der Waals surface area contributed by atoms with Crippen molar-refractivity contribution in [3.8, 4) is 0 Å². The predicted molar refractivity (Wildman–Crippen MR) is 102 cm³/mol. The quantitative estimate of drug-likeness (QED) is 0.628. The third-order valence-electron chi connectivity index (χ3n) is 5.89. The van der Waals surface area contributed by atoms with E-state index in [1.807, 2.05) is 0 Å². The summed E-state index contributed by atoms with van der Waals surface area (Å²) in [7, 11) is 0. The largest absolute Gasteiger partial charge is 0.388 e. The Morgan fingerprint density at radius 3 is 2.54 bits per heavy atom. The molecule has 0 aromatic heterocycles. The molecule has 3 N–H and O–H groups in total. The van der Waals surface area contributed by atoms with E-state index in [1.54, 1.807) is 6.92 Å². The van der Waals surface area contributed by atoms with Gasteiger partial charge in [0, 0.05) is 0 Å². The van der Waals surface area contributed by atoms with Gasteiger partial charge in [-0.05, 0) is 72.6 Å². The van der Waals surface area contributed by atoms with Gasteiger partial charge in [0.1, 0.15) is 18.3 Å². The number of hydrogen-bond donors (Lipinski definition) is 3. The van der Waals surface area contributed by atoms with Gasteiger partial charge in [-0.2, -0.15) is 0 Å². The van der Waals surface area contributed by atoms with Crippen molar-refractivity contribution in [2.45, 2.75) is 103 Å². The monoisotopic (exact) mass is 368 g/mol. The molecule has 1 heterocycles. The van der Waals surface area contributed by atoms with Crippen LogP contribution in [0.5, 0.6) is 0 Å². The molecule has 1 aliphatic heterocycles.